The van der Waals surface area contributed by atoms with E-state index >= 15 is 0 Å². The van der Waals surface area contributed by atoms with Gasteiger partial charge >= 0.3 is 0 Å². The minimum Gasteiger partial charge on any atom is -0.507 e. The van der Waals surface area contributed by atoms with Crippen molar-refractivity contribution in [2.24, 2.45) is 0 Å². The number of benzene rings is 2. The summed E-state index contributed by atoms with van der Waals surface area (Å²) in [5.74, 6) is -0.845. The molecule has 0 saturated carbocycles. The molecule has 178 valence electrons. The number of methoxy groups -OCH3 is 1. The molecule has 2 aromatic heterocycles. The number of hydrogen-bond donors (Lipinski definition) is 2. The Morgan fingerprint density at radius 1 is 1.17 bits per heavy atom. The van der Waals surface area contributed by atoms with Crippen LogP contribution in [0.2, 0.25) is 10.0 Å². The first-order chi connectivity index (χ1) is 16.9. The maximum Gasteiger partial charge on any atom is 0.295 e. The van der Waals surface area contributed by atoms with Crippen LogP contribution in [-0.4, -0.2) is 40.3 Å². The predicted octanol–water partition coefficient (Wildman–Crippen LogP) is 5.74. The molecular formula is C26H20Cl2N2O5. The molecule has 1 amide bonds. The normalized spacial score (nSPS) is 17.5. The Morgan fingerprint density at radius 3 is 2.71 bits per heavy atom. The Bertz CT molecular complexity index is 1470. The second-order valence-electron chi connectivity index (χ2n) is 8.11. The molecule has 0 unspecified atom stereocenters. The van der Waals surface area contributed by atoms with Gasteiger partial charge in [0.25, 0.3) is 11.7 Å². The fraction of sp³-hybridized carbons (Fsp3) is 0.154. The summed E-state index contributed by atoms with van der Waals surface area (Å²) in [6, 6.07) is 12.6. The summed E-state index contributed by atoms with van der Waals surface area (Å²) in [6.07, 6.45) is 3.78. The second kappa shape index (κ2) is 9.17. The monoisotopic (exact) mass is 510 g/mol. The molecule has 35 heavy (non-hydrogen) atoms. The summed E-state index contributed by atoms with van der Waals surface area (Å²) in [5.41, 5.74) is 2.01. The highest BCUT2D eigenvalue weighted by atomic mass is 35.5. The Kier molecular flexibility index (Phi) is 6.05. The van der Waals surface area contributed by atoms with E-state index in [9.17, 15) is 14.7 Å². The van der Waals surface area contributed by atoms with Gasteiger partial charge in [0.2, 0.25) is 0 Å². The van der Waals surface area contributed by atoms with Crippen LogP contribution in [0.1, 0.15) is 22.9 Å². The van der Waals surface area contributed by atoms with E-state index in [1.54, 1.807) is 25.3 Å². The summed E-state index contributed by atoms with van der Waals surface area (Å²) >= 11 is 12.3. The summed E-state index contributed by atoms with van der Waals surface area (Å²) in [6.45, 7) is 0.214. The lowest BCUT2D eigenvalue weighted by atomic mass is 9.99. The number of amides is 1. The van der Waals surface area contributed by atoms with Crippen molar-refractivity contribution < 1.29 is 23.8 Å². The zero-order chi connectivity index (χ0) is 24.7. The van der Waals surface area contributed by atoms with Crippen molar-refractivity contribution in [1.82, 2.24) is 9.88 Å². The third kappa shape index (κ3) is 4.07. The van der Waals surface area contributed by atoms with Gasteiger partial charge in [-0.15, -0.1) is 0 Å². The summed E-state index contributed by atoms with van der Waals surface area (Å²) in [7, 11) is 1.60. The Hall–Kier alpha value is -3.68. The standard InChI is InChI=1S/C26H20Cl2N2O5/c1-34-16-5-7-20-18(12-16)14(13-29-20)8-9-30-23(21-3-2-10-35-21)22(25(32)26(30)33)24(31)17-6-4-15(27)11-19(17)28/h2-7,10-13,23,29,31H,8-9H2,1H3/t23-/m1/s1. The van der Waals surface area contributed by atoms with Crippen LogP contribution in [0.15, 0.2) is 71.0 Å². The quantitative estimate of drug-likeness (QED) is 0.196. The molecule has 0 spiro atoms. The zero-order valence-electron chi connectivity index (χ0n) is 18.5. The smallest absolute Gasteiger partial charge is 0.295 e. The van der Waals surface area contributed by atoms with Crippen LogP contribution in [0.4, 0.5) is 0 Å². The molecule has 2 aromatic carbocycles. The van der Waals surface area contributed by atoms with E-state index in [0.29, 0.717) is 23.0 Å². The van der Waals surface area contributed by atoms with Crippen molar-refractivity contribution >= 4 is 51.6 Å². The Labute approximate surface area is 210 Å². The fourth-order valence-electron chi connectivity index (χ4n) is 4.41. The van der Waals surface area contributed by atoms with Crippen molar-refractivity contribution in [3.8, 4) is 5.75 Å². The van der Waals surface area contributed by atoms with E-state index in [4.69, 9.17) is 32.4 Å². The third-order valence-electron chi connectivity index (χ3n) is 6.14. The number of nitrogens with one attached hydrogen (secondary N) is 1. The third-order valence-corrected chi connectivity index (χ3v) is 6.68. The average molecular weight is 511 g/mol. The van der Waals surface area contributed by atoms with E-state index in [1.165, 1.54) is 23.3 Å². The topological polar surface area (TPSA) is 95.8 Å². The number of aromatic amines is 1. The van der Waals surface area contributed by atoms with Gasteiger partial charge in [0, 0.05) is 34.2 Å². The molecule has 1 fully saturated rings. The highest BCUT2D eigenvalue weighted by Gasteiger charge is 2.47. The average Bonchev–Trinajstić information content (AvgIpc) is 3.57. The lowest BCUT2D eigenvalue weighted by Gasteiger charge is -2.23. The summed E-state index contributed by atoms with van der Waals surface area (Å²) in [5, 5.41) is 12.6. The van der Waals surface area contributed by atoms with Crippen LogP contribution in [0.5, 0.6) is 5.75 Å². The van der Waals surface area contributed by atoms with Crippen LogP contribution in [-0.2, 0) is 16.0 Å². The van der Waals surface area contributed by atoms with Gasteiger partial charge in [0.1, 0.15) is 23.3 Å². The first-order valence-electron chi connectivity index (χ1n) is 10.8. The van der Waals surface area contributed by atoms with Crippen LogP contribution in [0, 0.1) is 0 Å². The molecule has 0 radical (unpaired) electrons. The number of fused-ring (bicyclic) bond motifs is 1. The number of carbonyl (C=O) groups excluding carboxylic acids is 2. The molecule has 3 heterocycles. The number of halogens is 2. The van der Waals surface area contributed by atoms with Crippen molar-refractivity contribution in [2.45, 2.75) is 12.5 Å². The maximum absolute atomic E-state index is 13.1. The summed E-state index contributed by atoms with van der Waals surface area (Å²) in [4.78, 5) is 30.9. The SMILES string of the molecule is COc1ccc2[nH]cc(CCN3C(=O)C(=O)C(=C(O)c4ccc(Cl)cc4Cl)[C@H]3c3ccco3)c2c1. The van der Waals surface area contributed by atoms with Gasteiger partial charge in [-0.2, -0.15) is 0 Å². The number of ether oxygens (including phenoxy) is 1. The minimum absolute atomic E-state index is 0.0882. The molecule has 0 aliphatic carbocycles. The fourth-order valence-corrected chi connectivity index (χ4v) is 4.91. The van der Waals surface area contributed by atoms with Crippen LogP contribution in [0.3, 0.4) is 0 Å². The number of rotatable bonds is 6. The number of nitrogens with zero attached hydrogens (tertiary/aromatic N) is 1. The number of carbonyl (C=O) groups is 2. The number of likely N-dealkylation sites (tertiary alicyclic amines) is 1. The number of aromatic nitrogens is 1. The molecular weight excluding hydrogens is 491 g/mol. The number of H-pyrrole nitrogens is 1. The van der Waals surface area contributed by atoms with Crippen molar-refractivity contribution in [3.63, 3.8) is 0 Å². The molecule has 1 aliphatic rings. The van der Waals surface area contributed by atoms with Gasteiger partial charge in [-0.1, -0.05) is 23.2 Å². The molecule has 5 rings (SSSR count). The van der Waals surface area contributed by atoms with E-state index in [1.807, 2.05) is 24.4 Å². The van der Waals surface area contributed by atoms with E-state index < -0.39 is 17.7 Å². The molecule has 1 saturated heterocycles. The van der Waals surface area contributed by atoms with E-state index in [2.05, 4.69) is 4.98 Å². The molecule has 2 N–H and O–H groups in total. The Balaban J connectivity index is 1.54. The van der Waals surface area contributed by atoms with Crippen molar-refractivity contribution in [3.05, 3.63) is 93.5 Å². The van der Waals surface area contributed by atoms with Gasteiger partial charge in [-0.25, -0.2) is 0 Å². The van der Waals surface area contributed by atoms with E-state index in [0.717, 1.165) is 16.5 Å². The minimum atomic E-state index is -0.906. The number of furan rings is 1. The van der Waals surface area contributed by atoms with Gasteiger partial charge in [0.15, 0.2) is 0 Å². The number of Topliss-reactive ketones (excluding diaryl/α,β-unsaturated/α-hetero) is 1. The largest absolute Gasteiger partial charge is 0.507 e. The van der Waals surface area contributed by atoms with Crippen molar-refractivity contribution in [2.75, 3.05) is 13.7 Å². The predicted molar refractivity (Wildman–Crippen MR) is 133 cm³/mol. The van der Waals surface area contributed by atoms with Crippen LogP contribution >= 0.6 is 23.2 Å². The number of aliphatic hydroxyl groups excluding tert-OH is 1. The first kappa shape index (κ1) is 23.1. The molecule has 0 bridgehead atoms. The Morgan fingerprint density at radius 2 is 2.00 bits per heavy atom. The summed E-state index contributed by atoms with van der Waals surface area (Å²) < 4.78 is 10.9. The number of aliphatic hydroxyl groups is 1. The van der Waals surface area contributed by atoms with Gasteiger partial charge in [-0.05, 0) is 60.5 Å². The lowest BCUT2D eigenvalue weighted by Crippen LogP contribution is -2.31. The number of ketones is 1. The van der Waals surface area contributed by atoms with Gasteiger partial charge in [-0.3, -0.25) is 9.59 Å². The molecule has 1 atom stereocenters. The second-order valence-corrected chi connectivity index (χ2v) is 8.95. The van der Waals surface area contributed by atoms with Crippen LogP contribution in [0.25, 0.3) is 16.7 Å². The highest BCUT2D eigenvalue weighted by molar-refractivity contribution is 6.47. The van der Waals surface area contributed by atoms with Gasteiger partial charge in [0.05, 0.1) is 24.0 Å². The van der Waals surface area contributed by atoms with E-state index in [-0.39, 0.29) is 28.5 Å². The maximum atomic E-state index is 13.1. The molecule has 7 nitrogen and oxygen atoms in total. The van der Waals surface area contributed by atoms with Crippen LogP contribution < -0.4 is 4.74 Å². The van der Waals surface area contributed by atoms with Gasteiger partial charge < -0.3 is 24.1 Å². The molecule has 4 aromatic rings. The lowest BCUT2D eigenvalue weighted by molar-refractivity contribution is -0.140. The molecule has 1 aliphatic heterocycles. The zero-order valence-corrected chi connectivity index (χ0v) is 20.1. The van der Waals surface area contributed by atoms with Crippen molar-refractivity contribution in [1.29, 1.82) is 0 Å². The first-order valence-corrected chi connectivity index (χ1v) is 11.6. The molecule has 9 heteroatoms. The number of hydrogen-bond acceptors (Lipinski definition) is 5. The highest BCUT2D eigenvalue weighted by Crippen LogP contribution is 2.41.